The molecule has 1 amide bonds. The molecule has 22 heavy (non-hydrogen) atoms. The van der Waals surface area contributed by atoms with E-state index in [-0.39, 0.29) is 23.1 Å². The SMILES string of the molecule is CCOC(COC1CN(C(=O)OC(C)(C)C)CC1Br)C1CC1. The number of amides is 1. The predicted molar refractivity (Wildman–Crippen MR) is 88.4 cm³/mol. The Morgan fingerprint density at radius 3 is 2.55 bits per heavy atom. The molecule has 2 aliphatic rings. The molecule has 0 aromatic heterocycles. The fraction of sp³-hybridized carbons (Fsp3) is 0.938. The molecule has 2 fully saturated rings. The van der Waals surface area contributed by atoms with Crippen LogP contribution in [-0.4, -0.2) is 59.9 Å². The van der Waals surface area contributed by atoms with Gasteiger partial charge in [0, 0.05) is 13.2 Å². The van der Waals surface area contributed by atoms with Crippen LogP contribution in [0.4, 0.5) is 4.79 Å². The molecule has 0 radical (unpaired) electrons. The molecular formula is C16H28BrNO4. The van der Waals surface area contributed by atoms with Gasteiger partial charge in [-0.05, 0) is 46.5 Å². The molecule has 6 heteroatoms. The molecule has 0 aromatic carbocycles. The summed E-state index contributed by atoms with van der Waals surface area (Å²) in [5, 5.41) is 0. The Hall–Kier alpha value is -0.330. The van der Waals surface area contributed by atoms with Gasteiger partial charge < -0.3 is 19.1 Å². The van der Waals surface area contributed by atoms with Gasteiger partial charge in [-0.2, -0.15) is 0 Å². The van der Waals surface area contributed by atoms with E-state index in [0.717, 1.165) is 6.61 Å². The van der Waals surface area contributed by atoms with Crippen molar-refractivity contribution in [3.63, 3.8) is 0 Å². The highest BCUT2D eigenvalue weighted by atomic mass is 79.9. The number of likely N-dealkylation sites (tertiary alicyclic amines) is 1. The first kappa shape index (κ1) is 18.0. The van der Waals surface area contributed by atoms with E-state index in [1.54, 1.807) is 4.90 Å². The van der Waals surface area contributed by atoms with Crippen LogP contribution in [0.2, 0.25) is 0 Å². The summed E-state index contributed by atoms with van der Waals surface area (Å²) in [4.78, 5) is 14.0. The van der Waals surface area contributed by atoms with E-state index in [1.165, 1.54) is 12.8 Å². The average molecular weight is 378 g/mol. The van der Waals surface area contributed by atoms with E-state index in [0.29, 0.717) is 25.6 Å². The fourth-order valence-electron chi connectivity index (χ4n) is 2.59. The van der Waals surface area contributed by atoms with Crippen LogP contribution in [0.15, 0.2) is 0 Å². The summed E-state index contributed by atoms with van der Waals surface area (Å²) >= 11 is 3.62. The van der Waals surface area contributed by atoms with Crippen molar-refractivity contribution in [1.82, 2.24) is 4.90 Å². The van der Waals surface area contributed by atoms with Crippen molar-refractivity contribution < 1.29 is 19.0 Å². The molecule has 5 nitrogen and oxygen atoms in total. The topological polar surface area (TPSA) is 48.0 Å². The summed E-state index contributed by atoms with van der Waals surface area (Å²) in [5.41, 5.74) is -0.468. The van der Waals surface area contributed by atoms with Gasteiger partial charge in [0.2, 0.25) is 0 Å². The van der Waals surface area contributed by atoms with Gasteiger partial charge in [0.1, 0.15) is 5.60 Å². The van der Waals surface area contributed by atoms with E-state index in [9.17, 15) is 4.79 Å². The third-order valence-corrected chi connectivity index (χ3v) is 4.73. The van der Waals surface area contributed by atoms with E-state index in [4.69, 9.17) is 14.2 Å². The molecule has 3 atom stereocenters. The molecule has 1 saturated carbocycles. The van der Waals surface area contributed by atoms with Crippen LogP contribution < -0.4 is 0 Å². The van der Waals surface area contributed by atoms with E-state index >= 15 is 0 Å². The third kappa shape index (κ3) is 5.39. The van der Waals surface area contributed by atoms with E-state index < -0.39 is 5.60 Å². The molecule has 1 heterocycles. The van der Waals surface area contributed by atoms with Gasteiger partial charge in [-0.15, -0.1) is 0 Å². The first-order valence-corrected chi connectivity index (χ1v) is 9.07. The highest BCUT2D eigenvalue weighted by Crippen LogP contribution is 2.35. The van der Waals surface area contributed by atoms with Crippen molar-refractivity contribution in [3.8, 4) is 0 Å². The van der Waals surface area contributed by atoms with Gasteiger partial charge in [-0.3, -0.25) is 0 Å². The fourth-order valence-corrected chi connectivity index (χ4v) is 3.26. The number of alkyl halides is 1. The van der Waals surface area contributed by atoms with Crippen molar-refractivity contribution in [2.24, 2.45) is 5.92 Å². The Bertz CT molecular complexity index is 381. The van der Waals surface area contributed by atoms with Crippen molar-refractivity contribution in [1.29, 1.82) is 0 Å². The maximum atomic E-state index is 12.1. The lowest BCUT2D eigenvalue weighted by molar-refractivity contribution is -0.0459. The lowest BCUT2D eigenvalue weighted by atomic mass is 10.2. The first-order valence-electron chi connectivity index (χ1n) is 8.15. The largest absolute Gasteiger partial charge is 0.444 e. The second kappa shape index (κ2) is 7.49. The van der Waals surface area contributed by atoms with Crippen LogP contribution in [0.25, 0.3) is 0 Å². The molecule has 0 bridgehead atoms. The zero-order chi connectivity index (χ0) is 16.3. The molecule has 3 unspecified atom stereocenters. The maximum absolute atomic E-state index is 12.1. The zero-order valence-corrected chi connectivity index (χ0v) is 15.6. The van der Waals surface area contributed by atoms with E-state index in [1.807, 2.05) is 27.7 Å². The zero-order valence-electron chi connectivity index (χ0n) is 14.0. The third-order valence-electron chi connectivity index (χ3n) is 3.85. The van der Waals surface area contributed by atoms with Crippen molar-refractivity contribution in [2.45, 2.75) is 63.2 Å². The molecule has 1 aliphatic carbocycles. The minimum atomic E-state index is -0.468. The van der Waals surface area contributed by atoms with Gasteiger partial charge in [0.15, 0.2) is 0 Å². The summed E-state index contributed by atoms with van der Waals surface area (Å²) < 4.78 is 17.2. The quantitative estimate of drug-likeness (QED) is 0.666. The predicted octanol–water partition coefficient (Wildman–Crippen LogP) is 3.20. The van der Waals surface area contributed by atoms with Crippen LogP contribution in [0.1, 0.15) is 40.5 Å². The van der Waals surface area contributed by atoms with E-state index in [2.05, 4.69) is 15.9 Å². The minimum Gasteiger partial charge on any atom is -0.444 e. The average Bonchev–Trinajstić information content (AvgIpc) is 3.17. The Balaban J connectivity index is 1.79. The second-order valence-corrected chi connectivity index (χ2v) is 8.28. The number of carbonyl (C=O) groups excluding carboxylic acids is 1. The minimum absolute atomic E-state index is 0.00535. The molecule has 0 aromatic rings. The maximum Gasteiger partial charge on any atom is 0.410 e. The highest BCUT2D eigenvalue weighted by Gasteiger charge is 2.38. The lowest BCUT2D eigenvalue weighted by Gasteiger charge is -2.24. The smallest absolute Gasteiger partial charge is 0.410 e. The lowest BCUT2D eigenvalue weighted by Crippen LogP contribution is -2.36. The molecule has 0 N–H and O–H groups in total. The molecule has 2 rings (SSSR count). The monoisotopic (exact) mass is 377 g/mol. The Labute approximate surface area is 141 Å². The number of carbonyl (C=O) groups is 1. The van der Waals surface area contributed by atoms with Gasteiger partial charge in [0.05, 0.1) is 30.2 Å². The Morgan fingerprint density at radius 2 is 2.00 bits per heavy atom. The molecule has 1 saturated heterocycles. The summed E-state index contributed by atoms with van der Waals surface area (Å²) in [6, 6.07) is 0. The van der Waals surface area contributed by atoms with Gasteiger partial charge >= 0.3 is 6.09 Å². The van der Waals surface area contributed by atoms with Crippen molar-refractivity contribution in [2.75, 3.05) is 26.3 Å². The summed E-state index contributed by atoms with van der Waals surface area (Å²) in [5.74, 6) is 0.650. The molecule has 1 aliphatic heterocycles. The molecule has 0 spiro atoms. The Morgan fingerprint density at radius 1 is 1.32 bits per heavy atom. The number of nitrogens with zero attached hydrogens (tertiary/aromatic N) is 1. The van der Waals surface area contributed by atoms with Crippen LogP contribution in [0.3, 0.4) is 0 Å². The Kier molecular flexibility index (Phi) is 6.14. The normalized spacial score (nSPS) is 27.0. The van der Waals surface area contributed by atoms with Crippen LogP contribution in [-0.2, 0) is 14.2 Å². The first-order chi connectivity index (χ1) is 10.3. The van der Waals surface area contributed by atoms with Crippen molar-refractivity contribution >= 4 is 22.0 Å². The summed E-state index contributed by atoms with van der Waals surface area (Å²) in [6.45, 7) is 10.2. The van der Waals surface area contributed by atoms with Crippen LogP contribution in [0.5, 0.6) is 0 Å². The standard InChI is InChI=1S/C16H28BrNO4/c1-5-20-14(11-6-7-11)10-21-13-9-18(8-12(13)17)15(19)22-16(2,3)4/h11-14H,5-10H2,1-4H3. The number of halogens is 1. The highest BCUT2D eigenvalue weighted by molar-refractivity contribution is 9.09. The number of hydrogen-bond acceptors (Lipinski definition) is 4. The van der Waals surface area contributed by atoms with Gasteiger partial charge in [-0.1, -0.05) is 15.9 Å². The number of rotatable bonds is 6. The summed E-state index contributed by atoms with van der Waals surface area (Å²) in [6.07, 6.45) is 2.39. The van der Waals surface area contributed by atoms with Crippen LogP contribution >= 0.6 is 15.9 Å². The molecular weight excluding hydrogens is 350 g/mol. The number of ether oxygens (including phenoxy) is 3. The van der Waals surface area contributed by atoms with Gasteiger partial charge in [0.25, 0.3) is 0 Å². The van der Waals surface area contributed by atoms with Crippen molar-refractivity contribution in [3.05, 3.63) is 0 Å². The summed E-state index contributed by atoms with van der Waals surface area (Å²) in [7, 11) is 0. The molecule has 128 valence electrons. The second-order valence-electron chi connectivity index (χ2n) is 7.10. The van der Waals surface area contributed by atoms with Crippen LogP contribution in [0, 0.1) is 5.92 Å². The van der Waals surface area contributed by atoms with Gasteiger partial charge in [-0.25, -0.2) is 4.79 Å². The number of hydrogen-bond donors (Lipinski definition) is 0.